The van der Waals surface area contributed by atoms with Crippen molar-refractivity contribution in [2.24, 2.45) is 0 Å². The monoisotopic (exact) mass is 282 g/mol. The van der Waals surface area contributed by atoms with E-state index in [1.807, 2.05) is 10.3 Å². The molecule has 0 bridgehead atoms. The Hall–Kier alpha value is -1.56. The van der Waals surface area contributed by atoms with E-state index < -0.39 is 5.97 Å². The molecule has 1 unspecified atom stereocenters. The summed E-state index contributed by atoms with van der Waals surface area (Å²) in [6, 6.07) is 2.15. The largest absolute Gasteiger partial charge is 0.481 e. The van der Waals surface area contributed by atoms with Crippen LogP contribution in [0.25, 0.3) is 0 Å². The van der Waals surface area contributed by atoms with Gasteiger partial charge in [-0.25, -0.2) is 4.79 Å². The zero-order valence-electron chi connectivity index (χ0n) is 10.7. The molecular weight excluding hydrogens is 264 g/mol. The number of hydrogen-bond donors (Lipinski definition) is 2. The number of rotatable bonds is 5. The van der Waals surface area contributed by atoms with Gasteiger partial charge < -0.3 is 15.3 Å². The molecule has 1 saturated heterocycles. The van der Waals surface area contributed by atoms with Crippen LogP contribution in [0.4, 0.5) is 4.79 Å². The molecule has 2 rings (SSSR count). The zero-order chi connectivity index (χ0) is 13.7. The van der Waals surface area contributed by atoms with Gasteiger partial charge in [0.25, 0.3) is 0 Å². The number of carbonyl (C=O) groups excluding carboxylic acids is 1. The molecule has 19 heavy (non-hydrogen) atoms. The van der Waals surface area contributed by atoms with Gasteiger partial charge in [-0.2, -0.15) is 11.3 Å². The van der Waals surface area contributed by atoms with Crippen molar-refractivity contribution in [2.75, 3.05) is 13.1 Å². The highest BCUT2D eigenvalue weighted by molar-refractivity contribution is 7.07. The molecule has 2 heterocycles. The molecule has 0 saturated carbocycles. The number of nitrogens with one attached hydrogen (secondary N) is 1. The summed E-state index contributed by atoms with van der Waals surface area (Å²) in [5, 5.41) is 15.4. The Bertz CT molecular complexity index is 433. The molecule has 104 valence electrons. The smallest absolute Gasteiger partial charge is 0.317 e. The number of carboxylic acid groups (broad SMARTS) is 1. The standard InChI is InChI=1S/C13H18N2O3S/c16-12(17)4-1-6-14-13(18)15-7-2-3-11(15)10-5-8-19-9-10/h5,8-9,11H,1-4,6-7H2,(H,14,18)(H,16,17). The Morgan fingerprint density at radius 1 is 1.53 bits per heavy atom. The van der Waals surface area contributed by atoms with Crippen molar-refractivity contribution >= 4 is 23.3 Å². The maximum atomic E-state index is 12.1. The van der Waals surface area contributed by atoms with Gasteiger partial charge in [-0.15, -0.1) is 0 Å². The highest BCUT2D eigenvalue weighted by Gasteiger charge is 2.29. The van der Waals surface area contributed by atoms with Gasteiger partial charge in [0.1, 0.15) is 0 Å². The minimum atomic E-state index is -0.827. The number of carboxylic acids is 1. The predicted molar refractivity (Wildman–Crippen MR) is 73.3 cm³/mol. The molecule has 1 fully saturated rings. The normalized spacial score (nSPS) is 18.5. The highest BCUT2D eigenvalue weighted by Crippen LogP contribution is 2.32. The van der Waals surface area contributed by atoms with E-state index in [9.17, 15) is 9.59 Å². The number of amides is 2. The van der Waals surface area contributed by atoms with E-state index in [1.165, 1.54) is 5.56 Å². The average molecular weight is 282 g/mol. The maximum Gasteiger partial charge on any atom is 0.317 e. The summed E-state index contributed by atoms with van der Waals surface area (Å²) in [4.78, 5) is 24.3. The van der Waals surface area contributed by atoms with Crippen LogP contribution >= 0.6 is 11.3 Å². The van der Waals surface area contributed by atoms with E-state index in [2.05, 4.69) is 16.8 Å². The number of carbonyl (C=O) groups is 2. The van der Waals surface area contributed by atoms with E-state index in [1.54, 1.807) is 11.3 Å². The Kier molecular flexibility index (Phi) is 4.79. The van der Waals surface area contributed by atoms with E-state index >= 15 is 0 Å². The molecule has 0 aromatic carbocycles. The van der Waals surface area contributed by atoms with E-state index in [0.717, 1.165) is 19.4 Å². The summed E-state index contributed by atoms with van der Waals surface area (Å²) in [5.41, 5.74) is 1.20. The molecular formula is C13H18N2O3S. The van der Waals surface area contributed by atoms with Crippen molar-refractivity contribution in [1.29, 1.82) is 0 Å². The molecule has 1 aliphatic rings. The third kappa shape index (κ3) is 3.70. The Morgan fingerprint density at radius 2 is 2.37 bits per heavy atom. The van der Waals surface area contributed by atoms with Gasteiger partial charge in [-0.05, 0) is 41.7 Å². The molecule has 2 amide bonds. The number of thiophene rings is 1. The number of urea groups is 1. The highest BCUT2D eigenvalue weighted by atomic mass is 32.1. The van der Waals surface area contributed by atoms with E-state index in [-0.39, 0.29) is 18.5 Å². The Balaban J connectivity index is 1.83. The van der Waals surface area contributed by atoms with E-state index in [4.69, 9.17) is 5.11 Å². The van der Waals surface area contributed by atoms with Gasteiger partial charge in [0.15, 0.2) is 0 Å². The minimum Gasteiger partial charge on any atom is -0.481 e. The average Bonchev–Trinajstić information content (AvgIpc) is 3.02. The number of nitrogens with zero attached hydrogens (tertiary/aromatic N) is 1. The van der Waals surface area contributed by atoms with Crippen LogP contribution in [0, 0.1) is 0 Å². The summed E-state index contributed by atoms with van der Waals surface area (Å²) in [5.74, 6) is -0.827. The fourth-order valence-corrected chi connectivity index (χ4v) is 3.06. The second-order valence-electron chi connectivity index (χ2n) is 4.64. The van der Waals surface area contributed by atoms with Crippen molar-refractivity contribution < 1.29 is 14.7 Å². The molecule has 1 aliphatic heterocycles. The summed E-state index contributed by atoms with van der Waals surface area (Å²) >= 11 is 1.64. The van der Waals surface area contributed by atoms with Crippen molar-refractivity contribution in [3.05, 3.63) is 22.4 Å². The van der Waals surface area contributed by atoms with Gasteiger partial charge in [0.05, 0.1) is 6.04 Å². The molecule has 5 nitrogen and oxygen atoms in total. The Labute approximate surface area is 116 Å². The van der Waals surface area contributed by atoms with Crippen LogP contribution < -0.4 is 5.32 Å². The van der Waals surface area contributed by atoms with Crippen LogP contribution in [0.3, 0.4) is 0 Å². The fourth-order valence-electron chi connectivity index (χ4n) is 2.36. The number of likely N-dealkylation sites (tertiary alicyclic amines) is 1. The van der Waals surface area contributed by atoms with Gasteiger partial charge in [0, 0.05) is 19.5 Å². The summed E-state index contributed by atoms with van der Waals surface area (Å²) in [6.07, 6.45) is 2.58. The molecule has 1 atom stereocenters. The first-order valence-electron chi connectivity index (χ1n) is 6.47. The van der Waals surface area contributed by atoms with Crippen LogP contribution in [-0.4, -0.2) is 35.1 Å². The van der Waals surface area contributed by atoms with Crippen LogP contribution in [0.1, 0.15) is 37.3 Å². The van der Waals surface area contributed by atoms with Crippen molar-refractivity contribution in [2.45, 2.75) is 31.7 Å². The quantitative estimate of drug-likeness (QED) is 0.815. The second-order valence-corrected chi connectivity index (χ2v) is 5.42. The third-order valence-electron chi connectivity index (χ3n) is 3.29. The third-order valence-corrected chi connectivity index (χ3v) is 3.99. The second kappa shape index (κ2) is 6.56. The van der Waals surface area contributed by atoms with Gasteiger partial charge in [-0.3, -0.25) is 4.79 Å². The van der Waals surface area contributed by atoms with Gasteiger partial charge in [-0.1, -0.05) is 0 Å². The summed E-state index contributed by atoms with van der Waals surface area (Å²) < 4.78 is 0. The molecule has 0 aliphatic carbocycles. The van der Waals surface area contributed by atoms with Crippen LogP contribution in [-0.2, 0) is 4.79 Å². The lowest BCUT2D eigenvalue weighted by Crippen LogP contribution is -2.39. The lowest BCUT2D eigenvalue weighted by molar-refractivity contribution is -0.137. The first-order valence-corrected chi connectivity index (χ1v) is 7.41. The van der Waals surface area contributed by atoms with Crippen LogP contribution in [0.2, 0.25) is 0 Å². The number of aliphatic carboxylic acids is 1. The maximum absolute atomic E-state index is 12.1. The molecule has 0 radical (unpaired) electrons. The molecule has 6 heteroatoms. The summed E-state index contributed by atoms with van der Waals surface area (Å²) in [6.45, 7) is 1.18. The molecule has 1 aromatic heterocycles. The van der Waals surface area contributed by atoms with Gasteiger partial charge >= 0.3 is 12.0 Å². The van der Waals surface area contributed by atoms with Crippen LogP contribution in [0.15, 0.2) is 16.8 Å². The SMILES string of the molecule is O=C(O)CCCNC(=O)N1CCCC1c1ccsc1. The predicted octanol–water partition coefficient (Wildman–Crippen LogP) is 2.46. The first-order chi connectivity index (χ1) is 9.18. The molecule has 0 spiro atoms. The molecule has 1 aromatic rings. The van der Waals surface area contributed by atoms with E-state index in [0.29, 0.717) is 13.0 Å². The van der Waals surface area contributed by atoms with Crippen LogP contribution in [0.5, 0.6) is 0 Å². The van der Waals surface area contributed by atoms with Crippen molar-refractivity contribution in [3.8, 4) is 0 Å². The zero-order valence-corrected chi connectivity index (χ0v) is 11.5. The molecule has 2 N–H and O–H groups in total. The van der Waals surface area contributed by atoms with Crippen molar-refractivity contribution in [1.82, 2.24) is 10.2 Å². The lowest BCUT2D eigenvalue weighted by Gasteiger charge is -2.24. The lowest BCUT2D eigenvalue weighted by atomic mass is 10.1. The topological polar surface area (TPSA) is 69.6 Å². The fraction of sp³-hybridized carbons (Fsp3) is 0.538. The van der Waals surface area contributed by atoms with Gasteiger partial charge in [0.2, 0.25) is 0 Å². The summed E-state index contributed by atoms with van der Waals surface area (Å²) in [7, 11) is 0. The van der Waals surface area contributed by atoms with Crippen molar-refractivity contribution in [3.63, 3.8) is 0 Å². The number of hydrogen-bond acceptors (Lipinski definition) is 3. The first kappa shape index (κ1) is 13.9. The Morgan fingerprint density at radius 3 is 3.05 bits per heavy atom. The minimum absolute atomic E-state index is 0.0842.